The molecule has 8 heteroatoms. The maximum absolute atomic E-state index is 14.3. The smallest absolute Gasteiger partial charge is 0.338 e. The highest BCUT2D eigenvalue weighted by Crippen LogP contribution is 2.33. The van der Waals surface area contributed by atoms with Crippen LogP contribution >= 0.6 is 11.3 Å². The first-order valence-corrected chi connectivity index (χ1v) is 16.5. The van der Waals surface area contributed by atoms with Crippen LogP contribution in [0.4, 0.5) is 0 Å². The van der Waals surface area contributed by atoms with Crippen molar-refractivity contribution < 1.29 is 9.53 Å². The molecule has 2 aromatic heterocycles. The van der Waals surface area contributed by atoms with Crippen molar-refractivity contribution in [2.45, 2.75) is 59.0 Å². The second-order valence-corrected chi connectivity index (χ2v) is 12.7. The van der Waals surface area contributed by atoms with Crippen molar-refractivity contribution in [2.24, 2.45) is 4.99 Å². The Balaban J connectivity index is 1.54. The highest BCUT2D eigenvalue weighted by Gasteiger charge is 2.34. The Morgan fingerprint density at radius 3 is 2.52 bits per heavy atom. The Hall–Kier alpha value is -5.00. The molecule has 1 aliphatic heterocycles. The number of carbonyl (C=O) groups excluding carboxylic acids is 1. The van der Waals surface area contributed by atoms with Crippen LogP contribution in [0, 0.1) is 11.3 Å². The summed E-state index contributed by atoms with van der Waals surface area (Å²) in [6, 6.07) is 25.5. The van der Waals surface area contributed by atoms with Gasteiger partial charge < -0.3 is 9.30 Å². The van der Waals surface area contributed by atoms with Crippen molar-refractivity contribution in [3.8, 4) is 6.07 Å². The van der Waals surface area contributed by atoms with Crippen LogP contribution in [0.2, 0.25) is 0 Å². The van der Waals surface area contributed by atoms with Crippen LogP contribution in [0.3, 0.4) is 0 Å². The number of nitrogens with zero attached hydrogens (tertiary/aromatic N) is 4. The van der Waals surface area contributed by atoms with E-state index >= 15 is 0 Å². The Morgan fingerprint density at radius 1 is 1.07 bits per heavy atom. The van der Waals surface area contributed by atoms with E-state index < -0.39 is 12.0 Å². The normalized spacial score (nSPS) is 14.8. The van der Waals surface area contributed by atoms with Gasteiger partial charge in [0.25, 0.3) is 5.56 Å². The minimum atomic E-state index is -0.649. The number of fused-ring (bicyclic) bond motifs is 2. The standard InChI is InChI=1S/C38H36N4O3S/c1-5-11-31-34(37(44)45-6-2)35(26-18-16-25(17-19-26)24(3)4)42-36(43)33(46-38(42)40-31)20-29-23-41(32-15-10-9-14-30(29)32)22-28-13-8-7-12-27(28)21-39/h7-10,12-20,23-24,35H,5-6,11,22H2,1-4H3/b33-20+/t35-/m1/s1. The summed E-state index contributed by atoms with van der Waals surface area (Å²) in [5.41, 5.74) is 6.38. The second kappa shape index (κ2) is 13.2. The molecule has 232 valence electrons. The molecule has 3 aromatic carbocycles. The Bertz CT molecular complexity index is 2190. The zero-order valence-corrected chi connectivity index (χ0v) is 27.3. The van der Waals surface area contributed by atoms with Gasteiger partial charge in [-0.2, -0.15) is 5.26 Å². The highest BCUT2D eigenvalue weighted by atomic mass is 32.1. The molecule has 0 N–H and O–H groups in total. The number of para-hydroxylation sites is 1. The Labute approximate surface area is 272 Å². The molecule has 0 aliphatic carbocycles. The summed E-state index contributed by atoms with van der Waals surface area (Å²) < 4.78 is 9.86. The van der Waals surface area contributed by atoms with Gasteiger partial charge in [-0.25, -0.2) is 9.79 Å². The number of hydrogen-bond acceptors (Lipinski definition) is 6. The highest BCUT2D eigenvalue weighted by molar-refractivity contribution is 7.07. The van der Waals surface area contributed by atoms with Crippen LogP contribution in [0.25, 0.3) is 17.0 Å². The molecule has 46 heavy (non-hydrogen) atoms. The maximum Gasteiger partial charge on any atom is 0.338 e. The molecule has 0 bridgehead atoms. The third-order valence-electron chi connectivity index (χ3n) is 8.40. The summed E-state index contributed by atoms with van der Waals surface area (Å²) in [5, 5.41) is 10.7. The fraction of sp³-hybridized carbons (Fsp3) is 0.263. The summed E-state index contributed by atoms with van der Waals surface area (Å²) in [5.74, 6) is -0.0927. The van der Waals surface area contributed by atoms with Crippen LogP contribution < -0.4 is 14.9 Å². The summed E-state index contributed by atoms with van der Waals surface area (Å²) in [7, 11) is 0. The van der Waals surface area contributed by atoms with E-state index in [1.165, 1.54) is 16.9 Å². The number of ether oxygens (including phenoxy) is 1. The van der Waals surface area contributed by atoms with Crippen molar-refractivity contribution in [3.05, 3.63) is 138 Å². The molecule has 7 nitrogen and oxygen atoms in total. The zero-order chi connectivity index (χ0) is 32.4. The molecule has 0 spiro atoms. The summed E-state index contributed by atoms with van der Waals surface area (Å²) in [6.45, 7) is 8.87. The van der Waals surface area contributed by atoms with Crippen molar-refractivity contribution >= 4 is 34.3 Å². The first-order chi connectivity index (χ1) is 22.3. The van der Waals surface area contributed by atoms with Gasteiger partial charge in [0.2, 0.25) is 0 Å². The number of allylic oxidation sites excluding steroid dienone is 1. The SMILES string of the molecule is CCCC1=C(C(=O)OCC)[C@@H](c2ccc(C(C)C)cc2)n2c(s/c(=C/c3cn(Cc4ccccc4C#N)c4ccccc34)c2=O)=N1. The summed E-state index contributed by atoms with van der Waals surface area (Å²) in [6.07, 6.45) is 5.35. The topological polar surface area (TPSA) is 89.4 Å². The number of nitriles is 1. The van der Waals surface area contributed by atoms with Gasteiger partial charge in [-0.15, -0.1) is 0 Å². The molecule has 0 amide bonds. The van der Waals surface area contributed by atoms with Gasteiger partial charge in [-0.3, -0.25) is 9.36 Å². The monoisotopic (exact) mass is 628 g/mol. The Morgan fingerprint density at radius 2 is 1.80 bits per heavy atom. The molecule has 1 atom stereocenters. The van der Waals surface area contributed by atoms with Crippen molar-refractivity contribution in [3.63, 3.8) is 0 Å². The molecule has 0 saturated carbocycles. The van der Waals surface area contributed by atoms with Crippen LogP contribution in [-0.2, 0) is 16.1 Å². The molecule has 0 unspecified atom stereocenters. The average molecular weight is 629 g/mol. The van der Waals surface area contributed by atoms with Gasteiger partial charge in [0, 0.05) is 29.2 Å². The van der Waals surface area contributed by atoms with Gasteiger partial charge in [-0.05, 0) is 54.2 Å². The quantitative estimate of drug-likeness (QED) is 0.173. The molecule has 0 fully saturated rings. The van der Waals surface area contributed by atoms with E-state index in [1.807, 2.05) is 72.9 Å². The number of carbonyl (C=O) groups is 1. The van der Waals surface area contributed by atoms with Gasteiger partial charge in [0.05, 0.1) is 40.1 Å². The van der Waals surface area contributed by atoms with Gasteiger partial charge in [0.15, 0.2) is 4.80 Å². The van der Waals surface area contributed by atoms with Crippen LogP contribution in [0.15, 0.2) is 100 Å². The van der Waals surface area contributed by atoms with E-state index in [2.05, 4.69) is 43.5 Å². The van der Waals surface area contributed by atoms with Crippen molar-refractivity contribution in [1.82, 2.24) is 9.13 Å². The van der Waals surface area contributed by atoms with E-state index in [4.69, 9.17) is 9.73 Å². The lowest BCUT2D eigenvalue weighted by Crippen LogP contribution is -2.40. The minimum Gasteiger partial charge on any atom is -0.463 e. The molecule has 6 rings (SSSR count). The minimum absolute atomic E-state index is 0.203. The average Bonchev–Trinajstić information content (AvgIpc) is 3.57. The van der Waals surface area contributed by atoms with E-state index in [9.17, 15) is 14.9 Å². The van der Waals surface area contributed by atoms with E-state index in [0.717, 1.165) is 34.0 Å². The van der Waals surface area contributed by atoms with E-state index in [1.54, 1.807) is 11.5 Å². The first kappa shape index (κ1) is 31.0. The molecule has 0 saturated heterocycles. The molecule has 1 aliphatic rings. The van der Waals surface area contributed by atoms with E-state index in [0.29, 0.717) is 45.1 Å². The largest absolute Gasteiger partial charge is 0.463 e. The van der Waals surface area contributed by atoms with Gasteiger partial charge in [-0.1, -0.05) is 99.2 Å². The molecule has 3 heterocycles. The third-order valence-corrected chi connectivity index (χ3v) is 9.38. The summed E-state index contributed by atoms with van der Waals surface area (Å²) >= 11 is 1.34. The predicted octanol–water partition coefficient (Wildman–Crippen LogP) is 6.58. The van der Waals surface area contributed by atoms with Crippen molar-refractivity contribution in [2.75, 3.05) is 6.61 Å². The van der Waals surface area contributed by atoms with Crippen LogP contribution in [-0.4, -0.2) is 21.7 Å². The number of rotatable bonds is 9. The van der Waals surface area contributed by atoms with E-state index in [-0.39, 0.29) is 12.2 Å². The number of esters is 1. The number of aromatic nitrogens is 2. The predicted molar refractivity (Wildman–Crippen MR) is 182 cm³/mol. The molecular formula is C38H36N4O3S. The fourth-order valence-electron chi connectivity index (χ4n) is 6.11. The third kappa shape index (κ3) is 5.75. The van der Waals surface area contributed by atoms with Gasteiger partial charge in [0.1, 0.15) is 0 Å². The van der Waals surface area contributed by atoms with Crippen molar-refractivity contribution in [1.29, 1.82) is 5.26 Å². The second-order valence-electron chi connectivity index (χ2n) is 11.7. The first-order valence-electron chi connectivity index (χ1n) is 15.7. The van der Waals surface area contributed by atoms with Crippen LogP contribution in [0.1, 0.15) is 80.3 Å². The molecular weight excluding hydrogens is 593 g/mol. The van der Waals surface area contributed by atoms with Crippen LogP contribution in [0.5, 0.6) is 0 Å². The maximum atomic E-state index is 14.3. The number of hydrogen-bond donors (Lipinski definition) is 0. The lowest BCUT2D eigenvalue weighted by atomic mass is 9.92. The van der Waals surface area contributed by atoms with Gasteiger partial charge >= 0.3 is 5.97 Å². The fourth-order valence-corrected chi connectivity index (χ4v) is 7.12. The Kier molecular flexibility index (Phi) is 8.87. The molecule has 0 radical (unpaired) electrons. The lowest BCUT2D eigenvalue weighted by Gasteiger charge is -2.26. The summed E-state index contributed by atoms with van der Waals surface area (Å²) in [4.78, 5) is 33.4. The number of thiazole rings is 1. The number of benzene rings is 3. The zero-order valence-electron chi connectivity index (χ0n) is 26.5. The lowest BCUT2D eigenvalue weighted by molar-refractivity contribution is -0.139. The molecule has 5 aromatic rings.